The summed E-state index contributed by atoms with van der Waals surface area (Å²) < 4.78 is 6.87. The Labute approximate surface area is 169 Å². The number of carbonyl (C=O) groups is 1. The number of carbonyl (C=O) groups excluding carboxylic acids is 1. The highest BCUT2D eigenvalue weighted by atomic mass is 32.1. The van der Waals surface area contributed by atoms with Crippen molar-refractivity contribution >= 4 is 39.0 Å². The van der Waals surface area contributed by atoms with E-state index in [-0.39, 0.29) is 12.2 Å². The molecule has 0 aliphatic carbocycles. The Morgan fingerprint density at radius 2 is 1.93 bits per heavy atom. The van der Waals surface area contributed by atoms with Crippen molar-refractivity contribution in [3.63, 3.8) is 0 Å². The van der Waals surface area contributed by atoms with Gasteiger partial charge in [-0.15, -0.1) is 11.3 Å². The van der Waals surface area contributed by atoms with Crippen LogP contribution in [-0.4, -0.2) is 30.3 Å². The first-order valence-corrected chi connectivity index (χ1v) is 10.6. The van der Waals surface area contributed by atoms with Crippen LogP contribution in [-0.2, 0) is 4.74 Å². The minimum Gasteiger partial charge on any atom is -0.446 e. The predicted octanol–water partition coefficient (Wildman–Crippen LogP) is 5.64. The van der Waals surface area contributed by atoms with Gasteiger partial charge in [0.25, 0.3) is 0 Å². The number of piperidine rings is 1. The Balaban J connectivity index is 1.30. The van der Waals surface area contributed by atoms with Crippen molar-refractivity contribution in [3.8, 4) is 0 Å². The van der Waals surface area contributed by atoms with Gasteiger partial charge < -0.3 is 9.64 Å². The van der Waals surface area contributed by atoms with Crippen molar-refractivity contribution in [2.24, 2.45) is 0 Å². The number of aromatic nitrogens is 1. The highest BCUT2D eigenvalue weighted by Gasteiger charge is 2.24. The van der Waals surface area contributed by atoms with Crippen molar-refractivity contribution in [2.75, 3.05) is 23.3 Å². The van der Waals surface area contributed by atoms with Gasteiger partial charge in [-0.1, -0.05) is 26.0 Å². The maximum atomic E-state index is 12.2. The molecule has 1 N–H and O–H groups in total. The van der Waals surface area contributed by atoms with Crippen LogP contribution >= 0.6 is 11.3 Å². The molecule has 1 amide bonds. The first-order valence-electron chi connectivity index (χ1n) is 9.75. The van der Waals surface area contributed by atoms with E-state index in [9.17, 15) is 4.79 Å². The van der Waals surface area contributed by atoms with Crippen molar-refractivity contribution < 1.29 is 9.53 Å². The molecule has 3 heterocycles. The van der Waals surface area contributed by atoms with Crippen LogP contribution in [0.25, 0.3) is 10.2 Å². The van der Waals surface area contributed by atoms with E-state index in [2.05, 4.69) is 46.6 Å². The Bertz CT molecular complexity index is 944. The number of nitrogens with one attached hydrogen (secondary N) is 1. The lowest BCUT2D eigenvalue weighted by Crippen LogP contribution is -2.38. The number of nitrogens with zero attached hydrogens (tertiary/aromatic N) is 2. The average Bonchev–Trinajstić information content (AvgIpc) is 3.18. The summed E-state index contributed by atoms with van der Waals surface area (Å²) in [5.41, 5.74) is 4.29. The van der Waals surface area contributed by atoms with Crippen molar-refractivity contribution in [1.82, 2.24) is 4.98 Å². The van der Waals surface area contributed by atoms with E-state index >= 15 is 0 Å². The lowest BCUT2D eigenvalue weighted by Gasteiger charge is -2.33. The molecule has 0 saturated carbocycles. The van der Waals surface area contributed by atoms with Gasteiger partial charge in [-0.2, -0.15) is 0 Å². The first-order chi connectivity index (χ1) is 13.6. The van der Waals surface area contributed by atoms with E-state index in [1.54, 1.807) is 11.3 Å². The molecule has 1 aliphatic rings. The summed E-state index contributed by atoms with van der Waals surface area (Å²) in [7, 11) is 0. The van der Waals surface area contributed by atoms with Crippen molar-refractivity contribution in [2.45, 2.75) is 38.7 Å². The van der Waals surface area contributed by atoms with E-state index < -0.39 is 0 Å². The monoisotopic (exact) mass is 395 g/mol. The standard InChI is InChI=1S/C22H25N3O2S/c1-15(2)16-3-5-17(6-4-16)24-22(26)27-18-8-12-25(13-9-18)20-7-11-23-19-10-14-28-21(19)20/h3-7,10-11,14-15,18H,8-9,12-13H2,1-2H3,(H,24,26). The van der Waals surface area contributed by atoms with E-state index in [1.165, 1.54) is 16.0 Å². The summed E-state index contributed by atoms with van der Waals surface area (Å²) in [6, 6.07) is 12.1. The molecule has 146 valence electrons. The SMILES string of the molecule is CC(C)c1ccc(NC(=O)OC2CCN(c3ccnc4ccsc34)CC2)cc1. The summed E-state index contributed by atoms with van der Waals surface area (Å²) >= 11 is 1.72. The Morgan fingerprint density at radius 3 is 2.64 bits per heavy atom. The molecule has 0 atom stereocenters. The van der Waals surface area contributed by atoms with Gasteiger partial charge in [0.15, 0.2) is 0 Å². The Hall–Kier alpha value is -2.60. The van der Waals surface area contributed by atoms with E-state index in [1.807, 2.05) is 30.5 Å². The number of anilines is 2. The molecule has 6 heteroatoms. The lowest BCUT2D eigenvalue weighted by atomic mass is 10.0. The molecule has 5 nitrogen and oxygen atoms in total. The number of hydrogen-bond donors (Lipinski definition) is 1. The number of amides is 1. The summed E-state index contributed by atoms with van der Waals surface area (Å²) in [6.45, 7) is 6.05. The highest BCUT2D eigenvalue weighted by Crippen LogP contribution is 2.32. The third-order valence-corrected chi connectivity index (χ3v) is 6.13. The van der Waals surface area contributed by atoms with Crippen LogP contribution in [0.2, 0.25) is 0 Å². The summed E-state index contributed by atoms with van der Waals surface area (Å²) in [5, 5.41) is 4.92. The number of hydrogen-bond acceptors (Lipinski definition) is 5. The molecule has 3 aromatic rings. The number of fused-ring (bicyclic) bond motifs is 1. The minimum absolute atomic E-state index is 0.0492. The van der Waals surface area contributed by atoms with Gasteiger partial charge in [-0.25, -0.2) is 4.79 Å². The van der Waals surface area contributed by atoms with Gasteiger partial charge in [0.1, 0.15) is 6.10 Å². The summed E-state index contributed by atoms with van der Waals surface area (Å²) in [5.74, 6) is 0.474. The van der Waals surface area contributed by atoms with Gasteiger partial charge in [-0.05, 0) is 41.1 Å². The molecule has 1 saturated heterocycles. The third kappa shape index (κ3) is 4.12. The Morgan fingerprint density at radius 1 is 1.18 bits per heavy atom. The van der Waals surface area contributed by atoms with Crippen LogP contribution < -0.4 is 10.2 Å². The number of ether oxygens (including phenoxy) is 1. The average molecular weight is 396 g/mol. The largest absolute Gasteiger partial charge is 0.446 e. The quantitative estimate of drug-likeness (QED) is 0.621. The zero-order valence-electron chi connectivity index (χ0n) is 16.2. The predicted molar refractivity (Wildman–Crippen MR) is 115 cm³/mol. The van der Waals surface area contributed by atoms with Gasteiger partial charge in [0, 0.05) is 37.8 Å². The number of rotatable bonds is 4. The normalized spacial score (nSPS) is 15.2. The van der Waals surface area contributed by atoms with Crippen molar-refractivity contribution in [3.05, 3.63) is 53.5 Å². The fourth-order valence-electron chi connectivity index (χ4n) is 3.57. The number of thiophene rings is 1. The molecule has 28 heavy (non-hydrogen) atoms. The molecule has 1 aromatic carbocycles. The molecule has 0 spiro atoms. The molecule has 0 bridgehead atoms. The van der Waals surface area contributed by atoms with Gasteiger partial charge in [-0.3, -0.25) is 10.3 Å². The zero-order chi connectivity index (χ0) is 19.5. The maximum absolute atomic E-state index is 12.2. The second kappa shape index (κ2) is 8.19. The van der Waals surface area contributed by atoms with E-state index in [0.717, 1.165) is 37.1 Å². The first kappa shape index (κ1) is 18.7. The second-order valence-corrected chi connectivity index (χ2v) is 8.37. The molecule has 0 radical (unpaired) electrons. The van der Waals surface area contributed by atoms with Crippen LogP contribution in [0.1, 0.15) is 38.2 Å². The van der Waals surface area contributed by atoms with E-state index in [0.29, 0.717) is 5.92 Å². The molecule has 1 fully saturated rings. The lowest BCUT2D eigenvalue weighted by molar-refractivity contribution is 0.0951. The van der Waals surface area contributed by atoms with Crippen LogP contribution in [0.15, 0.2) is 48.0 Å². The van der Waals surface area contributed by atoms with Crippen LogP contribution in [0.4, 0.5) is 16.2 Å². The van der Waals surface area contributed by atoms with E-state index in [4.69, 9.17) is 4.74 Å². The third-order valence-electron chi connectivity index (χ3n) is 5.20. The summed E-state index contributed by atoms with van der Waals surface area (Å²) in [6.07, 6.45) is 3.10. The molecule has 4 rings (SSSR count). The second-order valence-electron chi connectivity index (χ2n) is 7.46. The Kier molecular flexibility index (Phi) is 5.48. The van der Waals surface area contributed by atoms with Crippen LogP contribution in [0, 0.1) is 0 Å². The van der Waals surface area contributed by atoms with Gasteiger partial charge in [0.05, 0.1) is 15.9 Å². The molecule has 1 aliphatic heterocycles. The van der Waals surface area contributed by atoms with Gasteiger partial charge in [0.2, 0.25) is 0 Å². The van der Waals surface area contributed by atoms with Crippen LogP contribution in [0.5, 0.6) is 0 Å². The fraction of sp³-hybridized carbons (Fsp3) is 0.364. The number of pyridine rings is 1. The molecule has 2 aromatic heterocycles. The summed E-state index contributed by atoms with van der Waals surface area (Å²) in [4.78, 5) is 19.0. The maximum Gasteiger partial charge on any atom is 0.411 e. The fourth-order valence-corrected chi connectivity index (χ4v) is 4.47. The topological polar surface area (TPSA) is 54.5 Å². The molecule has 0 unspecified atom stereocenters. The van der Waals surface area contributed by atoms with Crippen LogP contribution in [0.3, 0.4) is 0 Å². The van der Waals surface area contributed by atoms with Gasteiger partial charge >= 0.3 is 6.09 Å². The number of benzene rings is 1. The molecular weight excluding hydrogens is 370 g/mol. The zero-order valence-corrected chi connectivity index (χ0v) is 17.0. The minimum atomic E-state index is -0.375. The molecular formula is C22H25N3O2S. The van der Waals surface area contributed by atoms with Crippen molar-refractivity contribution in [1.29, 1.82) is 0 Å². The smallest absolute Gasteiger partial charge is 0.411 e. The highest BCUT2D eigenvalue weighted by molar-refractivity contribution is 7.17.